The number of hydrogen-bond acceptors (Lipinski definition) is 4. The predicted octanol–water partition coefficient (Wildman–Crippen LogP) is 2.29. The van der Waals surface area contributed by atoms with Crippen molar-refractivity contribution in [2.75, 3.05) is 0 Å². The van der Waals surface area contributed by atoms with E-state index in [4.69, 9.17) is 4.52 Å². The molecule has 2 aromatic heterocycles. The molecular weight excluding hydrogens is 240 g/mol. The first-order chi connectivity index (χ1) is 9.20. The summed E-state index contributed by atoms with van der Waals surface area (Å²) < 4.78 is 7.36. The zero-order chi connectivity index (χ0) is 13.2. The summed E-state index contributed by atoms with van der Waals surface area (Å²) in [5, 5.41) is 7.43. The van der Waals surface area contributed by atoms with Crippen molar-refractivity contribution in [1.82, 2.24) is 20.0 Å². The van der Waals surface area contributed by atoms with Crippen LogP contribution in [0.15, 0.2) is 23.0 Å². The summed E-state index contributed by atoms with van der Waals surface area (Å²) in [7, 11) is 0. The fourth-order valence-corrected chi connectivity index (χ4v) is 2.01. The first kappa shape index (κ1) is 12.4. The number of hydrogen-bond donors (Lipinski definition) is 1. The Labute approximate surface area is 113 Å². The molecule has 1 N–H and O–H groups in total. The van der Waals surface area contributed by atoms with E-state index in [9.17, 15) is 0 Å². The quantitative estimate of drug-likeness (QED) is 0.866. The van der Waals surface area contributed by atoms with E-state index in [0.29, 0.717) is 24.4 Å². The van der Waals surface area contributed by atoms with Gasteiger partial charge in [0.1, 0.15) is 6.54 Å². The minimum absolute atomic E-state index is 0.500. The summed E-state index contributed by atoms with van der Waals surface area (Å²) in [6.45, 7) is 5.84. The average molecular weight is 260 g/mol. The van der Waals surface area contributed by atoms with Gasteiger partial charge in [-0.15, -0.1) is 0 Å². The molecule has 0 saturated heterocycles. The van der Waals surface area contributed by atoms with Gasteiger partial charge in [0.2, 0.25) is 5.89 Å². The van der Waals surface area contributed by atoms with Crippen LogP contribution < -0.4 is 5.32 Å². The fraction of sp³-hybridized carbons (Fsp3) is 0.571. The molecule has 0 unspecified atom stereocenters. The average Bonchev–Trinajstić information content (AvgIpc) is 2.96. The third-order valence-corrected chi connectivity index (χ3v) is 3.27. The van der Waals surface area contributed by atoms with Crippen molar-refractivity contribution in [3.8, 4) is 0 Å². The monoisotopic (exact) mass is 260 g/mol. The maximum atomic E-state index is 5.28. The van der Waals surface area contributed by atoms with Crippen LogP contribution in [0.2, 0.25) is 0 Å². The molecule has 0 amide bonds. The molecule has 0 bridgehead atoms. The first-order valence-electron chi connectivity index (χ1n) is 6.91. The molecule has 0 radical (unpaired) electrons. The predicted molar refractivity (Wildman–Crippen MR) is 71.8 cm³/mol. The highest BCUT2D eigenvalue weighted by Crippen LogP contribution is 2.38. The van der Waals surface area contributed by atoms with E-state index in [1.807, 2.05) is 0 Å². The molecule has 0 aliphatic heterocycles. The molecule has 1 aliphatic carbocycles. The molecule has 1 saturated carbocycles. The van der Waals surface area contributed by atoms with Gasteiger partial charge in [-0.2, -0.15) is 4.98 Å². The fourth-order valence-electron chi connectivity index (χ4n) is 2.01. The Hall–Kier alpha value is -1.62. The summed E-state index contributed by atoms with van der Waals surface area (Å²) in [6.07, 6.45) is 6.58. The van der Waals surface area contributed by atoms with Gasteiger partial charge in [-0.05, 0) is 24.5 Å². The van der Waals surface area contributed by atoms with Crippen molar-refractivity contribution >= 4 is 0 Å². The van der Waals surface area contributed by atoms with Crippen LogP contribution in [-0.2, 0) is 13.1 Å². The summed E-state index contributed by atoms with van der Waals surface area (Å²) in [5.41, 5.74) is 1.27. The standard InChI is InChI=1S/C14H20N4O/c1-10(2)15-7-11-5-6-18(8-11)9-13-16-14(17-19-13)12-3-4-12/h5-6,8,10,12,15H,3-4,7,9H2,1-2H3. The molecule has 2 heterocycles. The highest BCUT2D eigenvalue weighted by Gasteiger charge is 2.28. The lowest BCUT2D eigenvalue weighted by molar-refractivity contribution is 0.366. The van der Waals surface area contributed by atoms with Crippen LogP contribution in [0.25, 0.3) is 0 Å². The Kier molecular flexibility index (Phi) is 3.38. The van der Waals surface area contributed by atoms with Gasteiger partial charge in [0.25, 0.3) is 0 Å². The Morgan fingerprint density at radius 1 is 1.47 bits per heavy atom. The lowest BCUT2D eigenvalue weighted by atomic mass is 10.3. The lowest BCUT2D eigenvalue weighted by Crippen LogP contribution is -2.21. The summed E-state index contributed by atoms with van der Waals surface area (Å²) in [6, 6.07) is 2.62. The van der Waals surface area contributed by atoms with Gasteiger partial charge in [-0.25, -0.2) is 0 Å². The van der Waals surface area contributed by atoms with E-state index >= 15 is 0 Å². The van der Waals surface area contributed by atoms with Crippen LogP contribution in [0.3, 0.4) is 0 Å². The second-order valence-electron chi connectivity index (χ2n) is 5.55. The molecule has 19 heavy (non-hydrogen) atoms. The third kappa shape index (κ3) is 3.23. The Balaban J connectivity index is 1.59. The summed E-state index contributed by atoms with van der Waals surface area (Å²) >= 11 is 0. The number of nitrogens with zero attached hydrogens (tertiary/aromatic N) is 3. The molecule has 3 rings (SSSR count). The van der Waals surface area contributed by atoms with E-state index in [1.165, 1.54) is 18.4 Å². The second-order valence-corrected chi connectivity index (χ2v) is 5.55. The van der Waals surface area contributed by atoms with Crippen molar-refractivity contribution < 1.29 is 4.52 Å². The number of aromatic nitrogens is 3. The van der Waals surface area contributed by atoms with Crippen molar-refractivity contribution in [2.24, 2.45) is 0 Å². The van der Waals surface area contributed by atoms with E-state index in [1.54, 1.807) is 0 Å². The van der Waals surface area contributed by atoms with Gasteiger partial charge in [-0.3, -0.25) is 0 Å². The zero-order valence-electron chi connectivity index (χ0n) is 11.5. The maximum Gasteiger partial charge on any atom is 0.246 e. The van der Waals surface area contributed by atoms with Crippen LogP contribution in [0.5, 0.6) is 0 Å². The van der Waals surface area contributed by atoms with E-state index in [2.05, 4.69) is 52.3 Å². The van der Waals surface area contributed by atoms with E-state index < -0.39 is 0 Å². The summed E-state index contributed by atoms with van der Waals surface area (Å²) in [5.74, 6) is 2.12. The molecule has 5 heteroatoms. The SMILES string of the molecule is CC(C)NCc1ccn(Cc2nc(C3CC3)no2)c1. The minimum Gasteiger partial charge on any atom is -0.345 e. The van der Waals surface area contributed by atoms with Crippen LogP contribution in [0, 0.1) is 0 Å². The van der Waals surface area contributed by atoms with E-state index in [-0.39, 0.29) is 0 Å². The molecule has 1 aliphatic rings. The largest absolute Gasteiger partial charge is 0.345 e. The molecular formula is C14H20N4O. The van der Waals surface area contributed by atoms with Crippen molar-refractivity contribution in [3.05, 3.63) is 35.7 Å². The zero-order valence-corrected chi connectivity index (χ0v) is 11.5. The Bertz CT molecular complexity index is 539. The lowest BCUT2D eigenvalue weighted by Gasteiger charge is -2.05. The van der Waals surface area contributed by atoms with Gasteiger partial charge in [0.05, 0.1) is 0 Å². The van der Waals surface area contributed by atoms with E-state index in [0.717, 1.165) is 12.4 Å². The van der Waals surface area contributed by atoms with Crippen molar-refractivity contribution in [3.63, 3.8) is 0 Å². The molecule has 0 spiro atoms. The summed E-state index contributed by atoms with van der Waals surface area (Å²) in [4.78, 5) is 4.44. The van der Waals surface area contributed by atoms with Gasteiger partial charge in [-0.1, -0.05) is 19.0 Å². The van der Waals surface area contributed by atoms with Gasteiger partial charge >= 0.3 is 0 Å². The Morgan fingerprint density at radius 2 is 2.32 bits per heavy atom. The van der Waals surface area contributed by atoms with Gasteiger partial charge in [0.15, 0.2) is 5.82 Å². The molecule has 102 valence electrons. The smallest absolute Gasteiger partial charge is 0.246 e. The topological polar surface area (TPSA) is 55.9 Å². The number of rotatable bonds is 6. The third-order valence-electron chi connectivity index (χ3n) is 3.27. The normalized spacial score (nSPS) is 15.3. The Morgan fingerprint density at radius 3 is 3.05 bits per heavy atom. The van der Waals surface area contributed by atoms with Crippen LogP contribution >= 0.6 is 0 Å². The minimum atomic E-state index is 0.500. The molecule has 5 nitrogen and oxygen atoms in total. The van der Waals surface area contributed by atoms with Crippen LogP contribution in [-0.4, -0.2) is 20.7 Å². The van der Waals surface area contributed by atoms with Crippen LogP contribution in [0.1, 0.15) is 49.9 Å². The van der Waals surface area contributed by atoms with Crippen molar-refractivity contribution in [1.29, 1.82) is 0 Å². The van der Waals surface area contributed by atoms with Gasteiger partial charge in [0, 0.05) is 30.9 Å². The van der Waals surface area contributed by atoms with Crippen molar-refractivity contribution in [2.45, 2.75) is 51.7 Å². The second kappa shape index (κ2) is 5.17. The molecule has 2 aromatic rings. The van der Waals surface area contributed by atoms with Crippen LogP contribution in [0.4, 0.5) is 0 Å². The molecule has 0 atom stereocenters. The maximum absolute atomic E-state index is 5.28. The van der Waals surface area contributed by atoms with Gasteiger partial charge < -0.3 is 14.4 Å². The first-order valence-corrected chi connectivity index (χ1v) is 6.91. The number of nitrogens with one attached hydrogen (secondary N) is 1. The molecule has 0 aromatic carbocycles. The highest BCUT2D eigenvalue weighted by atomic mass is 16.5. The highest BCUT2D eigenvalue weighted by molar-refractivity contribution is 5.11. The molecule has 1 fully saturated rings.